The number of hydrogen-bond acceptors (Lipinski definition) is 2. The van der Waals surface area contributed by atoms with Gasteiger partial charge in [-0.25, -0.2) is 0 Å². The molecule has 17 heavy (non-hydrogen) atoms. The Morgan fingerprint density at radius 1 is 1.53 bits per heavy atom. The number of benzene rings is 1. The molecule has 92 valence electrons. The molecule has 0 fully saturated rings. The summed E-state index contributed by atoms with van der Waals surface area (Å²) in [6.45, 7) is 6.29. The Balaban J connectivity index is 2.78. The van der Waals surface area contributed by atoms with E-state index >= 15 is 0 Å². The number of carbonyl (C=O) groups is 1. The normalized spacial score (nSPS) is 10.0. The summed E-state index contributed by atoms with van der Waals surface area (Å²) < 4.78 is 0. The molecule has 0 spiro atoms. The Morgan fingerprint density at radius 2 is 2.24 bits per heavy atom. The average molecular weight is 232 g/mol. The predicted octanol–water partition coefficient (Wildman–Crippen LogP) is 2.62. The number of anilines is 1. The van der Waals surface area contributed by atoms with Crippen LogP contribution in [0.25, 0.3) is 0 Å². The highest BCUT2D eigenvalue weighted by atomic mass is 16.2. The van der Waals surface area contributed by atoms with Gasteiger partial charge in [0.15, 0.2) is 0 Å². The molecule has 0 radical (unpaired) electrons. The van der Waals surface area contributed by atoms with Crippen LogP contribution in [0.2, 0.25) is 0 Å². The maximum Gasteiger partial charge on any atom is 0.255 e. The minimum Gasteiger partial charge on any atom is -0.398 e. The molecule has 3 nitrogen and oxygen atoms in total. The van der Waals surface area contributed by atoms with E-state index in [1.165, 1.54) is 0 Å². The fraction of sp³-hybridized carbons (Fsp3) is 0.357. The van der Waals surface area contributed by atoms with Crippen molar-refractivity contribution >= 4 is 11.6 Å². The van der Waals surface area contributed by atoms with E-state index in [1.54, 1.807) is 18.0 Å². The summed E-state index contributed by atoms with van der Waals surface area (Å²) in [6, 6.07) is 5.53. The Labute approximate surface area is 103 Å². The van der Waals surface area contributed by atoms with Crippen molar-refractivity contribution < 1.29 is 4.79 Å². The van der Waals surface area contributed by atoms with Crippen LogP contribution < -0.4 is 5.73 Å². The maximum absolute atomic E-state index is 12.2. The molecule has 1 aromatic rings. The van der Waals surface area contributed by atoms with Crippen LogP contribution in [0.1, 0.15) is 28.8 Å². The van der Waals surface area contributed by atoms with Crippen LogP contribution in [-0.4, -0.2) is 24.4 Å². The Kier molecular flexibility index (Phi) is 4.76. The topological polar surface area (TPSA) is 46.3 Å². The lowest BCUT2D eigenvalue weighted by Gasteiger charge is -2.19. The van der Waals surface area contributed by atoms with Crippen molar-refractivity contribution in [1.82, 2.24) is 4.90 Å². The molecule has 0 aliphatic carbocycles. The highest BCUT2D eigenvalue weighted by Crippen LogP contribution is 2.18. The summed E-state index contributed by atoms with van der Waals surface area (Å²) in [5, 5.41) is 0. The summed E-state index contributed by atoms with van der Waals surface area (Å²) in [5.74, 6) is -0.00957. The predicted molar refractivity (Wildman–Crippen MR) is 72.0 cm³/mol. The van der Waals surface area contributed by atoms with Gasteiger partial charge in [-0.05, 0) is 31.4 Å². The summed E-state index contributed by atoms with van der Waals surface area (Å²) in [7, 11) is 1.80. The van der Waals surface area contributed by atoms with E-state index in [4.69, 9.17) is 5.73 Å². The van der Waals surface area contributed by atoms with E-state index in [0.29, 0.717) is 11.3 Å². The number of unbranched alkanes of at least 4 members (excludes halogenated alkanes) is 1. The van der Waals surface area contributed by atoms with Gasteiger partial charge in [-0.3, -0.25) is 4.79 Å². The molecule has 0 aromatic heterocycles. The Hall–Kier alpha value is -1.77. The van der Waals surface area contributed by atoms with Crippen LogP contribution in [-0.2, 0) is 0 Å². The second kappa shape index (κ2) is 6.09. The van der Waals surface area contributed by atoms with Crippen molar-refractivity contribution in [3.63, 3.8) is 0 Å². The number of aryl methyl sites for hydroxylation is 1. The lowest BCUT2D eigenvalue weighted by Crippen LogP contribution is -2.29. The molecular formula is C14H20N2O. The van der Waals surface area contributed by atoms with Gasteiger partial charge in [0, 0.05) is 19.3 Å². The quantitative estimate of drug-likeness (QED) is 0.482. The summed E-state index contributed by atoms with van der Waals surface area (Å²) in [6.07, 6.45) is 3.71. The molecule has 0 saturated carbocycles. The van der Waals surface area contributed by atoms with Gasteiger partial charge in [0.1, 0.15) is 0 Å². The molecule has 1 amide bonds. The molecule has 0 aliphatic heterocycles. The van der Waals surface area contributed by atoms with E-state index < -0.39 is 0 Å². The molecule has 0 unspecified atom stereocenters. The van der Waals surface area contributed by atoms with Crippen LogP contribution in [0, 0.1) is 6.92 Å². The number of nitrogens with zero attached hydrogens (tertiary/aromatic N) is 1. The van der Waals surface area contributed by atoms with Gasteiger partial charge in [-0.15, -0.1) is 6.58 Å². The lowest BCUT2D eigenvalue weighted by atomic mass is 10.1. The zero-order chi connectivity index (χ0) is 12.8. The standard InChI is InChI=1S/C14H20N2O/c1-4-5-6-10-16(3)14(17)13-11(2)8-7-9-12(13)15/h4,7-9H,1,5-6,10,15H2,2-3H3. The molecule has 1 aromatic carbocycles. The summed E-state index contributed by atoms with van der Waals surface area (Å²) in [5.41, 5.74) is 7.94. The molecule has 2 N–H and O–H groups in total. The molecule has 0 atom stereocenters. The van der Waals surface area contributed by atoms with E-state index in [0.717, 1.165) is 24.9 Å². The van der Waals surface area contributed by atoms with Gasteiger partial charge < -0.3 is 10.6 Å². The van der Waals surface area contributed by atoms with Crippen LogP contribution in [0.15, 0.2) is 30.9 Å². The number of rotatable bonds is 5. The molecule has 1 rings (SSSR count). The molecule has 3 heteroatoms. The van der Waals surface area contributed by atoms with Gasteiger partial charge in [-0.1, -0.05) is 18.2 Å². The highest BCUT2D eigenvalue weighted by molar-refractivity contribution is 6.00. The summed E-state index contributed by atoms with van der Waals surface area (Å²) >= 11 is 0. The SMILES string of the molecule is C=CCCCN(C)C(=O)c1c(C)cccc1N. The van der Waals surface area contributed by atoms with Crippen molar-refractivity contribution in [3.8, 4) is 0 Å². The number of nitrogen functional groups attached to an aromatic ring is 1. The minimum atomic E-state index is -0.00957. The van der Waals surface area contributed by atoms with Crippen molar-refractivity contribution in [1.29, 1.82) is 0 Å². The molecule has 0 aliphatic rings. The van der Waals surface area contributed by atoms with Gasteiger partial charge in [0.05, 0.1) is 5.56 Å². The number of allylic oxidation sites excluding steroid dienone is 1. The van der Waals surface area contributed by atoms with Crippen LogP contribution >= 0.6 is 0 Å². The monoisotopic (exact) mass is 232 g/mol. The van der Waals surface area contributed by atoms with Crippen molar-refractivity contribution in [2.45, 2.75) is 19.8 Å². The van der Waals surface area contributed by atoms with Gasteiger partial charge >= 0.3 is 0 Å². The van der Waals surface area contributed by atoms with Gasteiger partial charge in [0.2, 0.25) is 0 Å². The Morgan fingerprint density at radius 3 is 2.82 bits per heavy atom. The Bertz CT molecular complexity index is 392. The third-order valence-electron chi connectivity index (χ3n) is 2.77. The maximum atomic E-state index is 12.2. The third kappa shape index (κ3) is 3.34. The number of hydrogen-bond donors (Lipinski definition) is 1. The second-order valence-electron chi connectivity index (χ2n) is 4.20. The van der Waals surface area contributed by atoms with Gasteiger partial charge in [0.25, 0.3) is 5.91 Å². The largest absolute Gasteiger partial charge is 0.398 e. The zero-order valence-electron chi connectivity index (χ0n) is 10.6. The molecule has 0 heterocycles. The van der Waals surface area contributed by atoms with E-state index in [2.05, 4.69) is 6.58 Å². The van der Waals surface area contributed by atoms with Crippen LogP contribution in [0.4, 0.5) is 5.69 Å². The molecule has 0 bridgehead atoms. The molecule has 0 saturated heterocycles. The fourth-order valence-corrected chi connectivity index (χ4v) is 1.75. The first-order valence-corrected chi connectivity index (χ1v) is 5.79. The van der Waals surface area contributed by atoms with E-state index in [9.17, 15) is 4.79 Å². The average Bonchev–Trinajstić information content (AvgIpc) is 2.28. The number of amides is 1. The first-order valence-electron chi connectivity index (χ1n) is 5.79. The van der Waals surface area contributed by atoms with Gasteiger partial charge in [-0.2, -0.15) is 0 Å². The third-order valence-corrected chi connectivity index (χ3v) is 2.77. The fourth-order valence-electron chi connectivity index (χ4n) is 1.75. The number of nitrogens with two attached hydrogens (primary N) is 1. The zero-order valence-corrected chi connectivity index (χ0v) is 10.6. The van der Waals surface area contributed by atoms with Crippen molar-refractivity contribution in [2.24, 2.45) is 0 Å². The van der Waals surface area contributed by atoms with Crippen LogP contribution in [0.5, 0.6) is 0 Å². The number of carbonyl (C=O) groups excluding carboxylic acids is 1. The second-order valence-corrected chi connectivity index (χ2v) is 4.20. The smallest absolute Gasteiger partial charge is 0.255 e. The first-order chi connectivity index (χ1) is 8.07. The van der Waals surface area contributed by atoms with E-state index in [1.807, 2.05) is 25.1 Å². The summed E-state index contributed by atoms with van der Waals surface area (Å²) in [4.78, 5) is 13.9. The van der Waals surface area contributed by atoms with E-state index in [-0.39, 0.29) is 5.91 Å². The minimum absolute atomic E-state index is 0.00957. The first kappa shape index (κ1) is 13.3. The lowest BCUT2D eigenvalue weighted by molar-refractivity contribution is 0.0794. The highest BCUT2D eigenvalue weighted by Gasteiger charge is 2.16. The molecular weight excluding hydrogens is 212 g/mol. The van der Waals surface area contributed by atoms with Crippen LogP contribution in [0.3, 0.4) is 0 Å². The van der Waals surface area contributed by atoms with Crippen molar-refractivity contribution in [2.75, 3.05) is 19.3 Å². The van der Waals surface area contributed by atoms with Crippen molar-refractivity contribution in [3.05, 3.63) is 42.0 Å².